The Bertz CT molecular complexity index is 608. The van der Waals surface area contributed by atoms with Gasteiger partial charge >= 0.3 is 0 Å². The summed E-state index contributed by atoms with van der Waals surface area (Å²) in [6.45, 7) is 1.96. The molecule has 0 N–H and O–H groups in total. The van der Waals surface area contributed by atoms with Gasteiger partial charge in [0.05, 0.1) is 12.5 Å². The maximum absolute atomic E-state index is 6.32. The fourth-order valence-electron chi connectivity index (χ4n) is 2.66. The first-order chi connectivity index (χ1) is 9.70. The molecule has 20 heavy (non-hydrogen) atoms. The maximum atomic E-state index is 6.32. The highest BCUT2D eigenvalue weighted by Gasteiger charge is 2.24. The van der Waals surface area contributed by atoms with Crippen molar-refractivity contribution in [3.63, 3.8) is 0 Å². The maximum Gasteiger partial charge on any atom is 0.215 e. The lowest BCUT2D eigenvalue weighted by atomic mass is 10.2. The third-order valence-electron chi connectivity index (χ3n) is 3.61. The van der Waals surface area contributed by atoms with Crippen LogP contribution in [0.25, 0.3) is 11.2 Å². The molecular formula is C14H18ClN3OS. The van der Waals surface area contributed by atoms with Gasteiger partial charge in [0.2, 0.25) is 5.88 Å². The van der Waals surface area contributed by atoms with E-state index < -0.39 is 0 Å². The Morgan fingerprint density at radius 2 is 2.30 bits per heavy atom. The van der Waals surface area contributed by atoms with E-state index in [1.807, 2.05) is 30.8 Å². The van der Waals surface area contributed by atoms with Crippen molar-refractivity contribution in [2.75, 3.05) is 18.6 Å². The van der Waals surface area contributed by atoms with Gasteiger partial charge in [0.15, 0.2) is 5.65 Å². The number of hydrogen-bond donors (Lipinski definition) is 0. The summed E-state index contributed by atoms with van der Waals surface area (Å²) in [4.78, 5) is 9.25. The van der Waals surface area contributed by atoms with Crippen molar-refractivity contribution in [3.05, 3.63) is 18.0 Å². The van der Waals surface area contributed by atoms with E-state index in [2.05, 4.69) is 14.5 Å². The van der Waals surface area contributed by atoms with Crippen LogP contribution in [0.15, 0.2) is 12.1 Å². The SMILES string of the molecule is COc1ccc2nc(C(C)Cl)n(C3CCCSC3)c2n1. The zero-order chi connectivity index (χ0) is 14.1. The van der Waals surface area contributed by atoms with Crippen LogP contribution in [0.2, 0.25) is 0 Å². The number of fused-ring (bicyclic) bond motifs is 1. The molecule has 1 aliphatic rings. The van der Waals surface area contributed by atoms with E-state index in [-0.39, 0.29) is 5.38 Å². The summed E-state index contributed by atoms with van der Waals surface area (Å²) in [6.07, 6.45) is 2.39. The molecule has 4 nitrogen and oxygen atoms in total. The van der Waals surface area contributed by atoms with E-state index in [9.17, 15) is 0 Å². The second-order valence-electron chi connectivity index (χ2n) is 5.02. The number of alkyl halides is 1. The predicted octanol–water partition coefficient (Wildman–Crippen LogP) is 3.81. The molecule has 3 heterocycles. The third kappa shape index (κ3) is 2.49. The number of hydrogen-bond acceptors (Lipinski definition) is 4. The smallest absolute Gasteiger partial charge is 0.215 e. The van der Waals surface area contributed by atoms with Crippen molar-refractivity contribution in [1.29, 1.82) is 0 Å². The molecule has 3 rings (SSSR count). The van der Waals surface area contributed by atoms with Crippen molar-refractivity contribution >= 4 is 34.5 Å². The Labute approximate surface area is 127 Å². The fraction of sp³-hybridized carbons (Fsp3) is 0.571. The first-order valence-corrected chi connectivity index (χ1v) is 8.44. The fourth-order valence-corrected chi connectivity index (χ4v) is 3.93. The van der Waals surface area contributed by atoms with Crippen LogP contribution >= 0.6 is 23.4 Å². The van der Waals surface area contributed by atoms with Gasteiger partial charge in [-0.05, 0) is 31.6 Å². The van der Waals surface area contributed by atoms with Gasteiger partial charge in [-0.15, -0.1) is 11.6 Å². The quantitative estimate of drug-likeness (QED) is 0.808. The summed E-state index contributed by atoms with van der Waals surface area (Å²) >= 11 is 8.31. The van der Waals surface area contributed by atoms with E-state index in [1.165, 1.54) is 12.2 Å². The second-order valence-corrected chi connectivity index (χ2v) is 6.83. The van der Waals surface area contributed by atoms with Crippen molar-refractivity contribution in [2.24, 2.45) is 0 Å². The Kier molecular flexibility index (Phi) is 4.08. The second kappa shape index (κ2) is 5.82. The largest absolute Gasteiger partial charge is 0.481 e. The van der Waals surface area contributed by atoms with Crippen LogP contribution in [0, 0.1) is 0 Å². The number of ether oxygens (including phenoxy) is 1. The number of pyridine rings is 1. The zero-order valence-corrected chi connectivity index (χ0v) is 13.2. The van der Waals surface area contributed by atoms with Crippen LogP contribution in [0.1, 0.15) is 37.0 Å². The predicted molar refractivity (Wildman–Crippen MR) is 83.9 cm³/mol. The molecule has 2 aromatic rings. The first-order valence-electron chi connectivity index (χ1n) is 6.85. The van der Waals surface area contributed by atoms with E-state index >= 15 is 0 Å². The minimum absolute atomic E-state index is 0.123. The van der Waals surface area contributed by atoms with Gasteiger partial charge in [0.25, 0.3) is 0 Å². The number of methoxy groups -OCH3 is 1. The van der Waals surface area contributed by atoms with Crippen LogP contribution in [0.3, 0.4) is 0 Å². The normalized spacial score (nSPS) is 21.1. The molecule has 0 radical (unpaired) electrons. The Hall–Kier alpha value is -0.940. The summed E-state index contributed by atoms with van der Waals surface area (Å²) in [5.74, 6) is 3.87. The lowest BCUT2D eigenvalue weighted by molar-refractivity contribution is 0.398. The summed E-state index contributed by atoms with van der Waals surface area (Å²) in [6, 6.07) is 4.23. The number of nitrogens with zero attached hydrogens (tertiary/aromatic N) is 3. The van der Waals surface area contributed by atoms with E-state index in [0.29, 0.717) is 11.9 Å². The third-order valence-corrected chi connectivity index (χ3v) is 5.00. The molecule has 1 fully saturated rings. The van der Waals surface area contributed by atoms with Crippen LogP contribution in [-0.4, -0.2) is 33.2 Å². The summed E-state index contributed by atoms with van der Waals surface area (Å²) in [5, 5.41) is -0.123. The lowest BCUT2D eigenvalue weighted by Gasteiger charge is -2.25. The molecule has 0 amide bonds. The first kappa shape index (κ1) is 14.0. The van der Waals surface area contributed by atoms with Gasteiger partial charge in [-0.3, -0.25) is 0 Å². The Morgan fingerprint density at radius 3 is 2.95 bits per heavy atom. The molecule has 1 aliphatic heterocycles. The molecule has 0 saturated carbocycles. The highest BCUT2D eigenvalue weighted by Crippen LogP contribution is 2.34. The van der Waals surface area contributed by atoms with Gasteiger partial charge in [-0.2, -0.15) is 16.7 Å². The van der Waals surface area contributed by atoms with Crippen LogP contribution in [-0.2, 0) is 0 Å². The average molecular weight is 312 g/mol. The van der Waals surface area contributed by atoms with Gasteiger partial charge in [-0.25, -0.2) is 4.98 Å². The van der Waals surface area contributed by atoms with Crippen molar-refractivity contribution in [1.82, 2.24) is 14.5 Å². The molecular weight excluding hydrogens is 294 g/mol. The minimum atomic E-state index is -0.123. The topological polar surface area (TPSA) is 39.9 Å². The molecule has 2 aromatic heterocycles. The molecule has 2 unspecified atom stereocenters. The molecule has 0 aliphatic carbocycles. The number of halogens is 1. The molecule has 1 saturated heterocycles. The average Bonchev–Trinajstić information content (AvgIpc) is 2.86. The summed E-state index contributed by atoms with van der Waals surface area (Å²) in [7, 11) is 1.64. The molecule has 6 heteroatoms. The van der Waals surface area contributed by atoms with E-state index in [0.717, 1.165) is 29.2 Å². The van der Waals surface area contributed by atoms with E-state index in [1.54, 1.807) is 7.11 Å². The van der Waals surface area contributed by atoms with Crippen LogP contribution < -0.4 is 4.74 Å². The Balaban J connectivity index is 2.15. The lowest BCUT2D eigenvalue weighted by Crippen LogP contribution is -2.19. The number of thioether (sulfide) groups is 1. The zero-order valence-electron chi connectivity index (χ0n) is 11.7. The van der Waals surface area contributed by atoms with Gasteiger partial charge in [0, 0.05) is 17.9 Å². The van der Waals surface area contributed by atoms with Crippen LogP contribution in [0.4, 0.5) is 0 Å². The summed E-state index contributed by atoms with van der Waals surface area (Å²) in [5.41, 5.74) is 1.78. The molecule has 0 spiro atoms. The van der Waals surface area contributed by atoms with Crippen LogP contribution in [0.5, 0.6) is 5.88 Å². The Morgan fingerprint density at radius 1 is 1.45 bits per heavy atom. The van der Waals surface area contributed by atoms with Crippen molar-refractivity contribution in [2.45, 2.75) is 31.2 Å². The highest BCUT2D eigenvalue weighted by molar-refractivity contribution is 7.99. The molecule has 2 atom stereocenters. The van der Waals surface area contributed by atoms with Gasteiger partial charge < -0.3 is 9.30 Å². The highest BCUT2D eigenvalue weighted by atomic mass is 35.5. The monoisotopic (exact) mass is 311 g/mol. The van der Waals surface area contributed by atoms with Gasteiger partial charge in [-0.1, -0.05) is 0 Å². The number of aromatic nitrogens is 3. The van der Waals surface area contributed by atoms with Gasteiger partial charge in [0.1, 0.15) is 11.3 Å². The standard InChI is InChI=1S/C14H18ClN3OS/c1-9(15)13-16-11-5-6-12(19-2)17-14(11)18(13)10-4-3-7-20-8-10/h5-6,9-10H,3-4,7-8H2,1-2H3. The van der Waals surface area contributed by atoms with Crippen molar-refractivity contribution in [3.8, 4) is 5.88 Å². The number of rotatable bonds is 3. The summed E-state index contributed by atoms with van der Waals surface area (Å²) < 4.78 is 7.47. The molecule has 108 valence electrons. The van der Waals surface area contributed by atoms with Crippen molar-refractivity contribution < 1.29 is 4.74 Å². The number of imidazole rings is 1. The molecule has 0 bridgehead atoms. The van der Waals surface area contributed by atoms with E-state index in [4.69, 9.17) is 16.3 Å². The molecule has 0 aromatic carbocycles. The minimum Gasteiger partial charge on any atom is -0.481 e.